The van der Waals surface area contributed by atoms with Gasteiger partial charge < -0.3 is 10.2 Å². The van der Waals surface area contributed by atoms with Gasteiger partial charge in [-0.2, -0.15) is 0 Å². The van der Waals surface area contributed by atoms with E-state index in [2.05, 4.69) is 4.98 Å². The van der Waals surface area contributed by atoms with Crippen LogP contribution < -0.4 is 0 Å². The summed E-state index contributed by atoms with van der Waals surface area (Å²) in [4.78, 5) is 4.07. The summed E-state index contributed by atoms with van der Waals surface area (Å²) in [5.74, 6) is 0. The second-order valence-electron chi connectivity index (χ2n) is 3.09. The minimum absolute atomic E-state index is 0.0967. The van der Waals surface area contributed by atoms with Gasteiger partial charge in [0, 0.05) is 6.20 Å². The smallest absolute Gasteiger partial charge is 0.0562 e. The van der Waals surface area contributed by atoms with E-state index in [9.17, 15) is 0 Å². The van der Waals surface area contributed by atoms with Crippen molar-refractivity contribution in [3.05, 3.63) is 30.1 Å². The van der Waals surface area contributed by atoms with Crippen LogP contribution in [0.25, 0.3) is 0 Å². The summed E-state index contributed by atoms with van der Waals surface area (Å²) >= 11 is 0. The van der Waals surface area contributed by atoms with E-state index in [1.54, 1.807) is 25.3 Å². The summed E-state index contributed by atoms with van der Waals surface area (Å²) in [7, 11) is 0. The van der Waals surface area contributed by atoms with E-state index in [0.29, 0.717) is 0 Å². The topological polar surface area (TPSA) is 53.4 Å². The molecule has 0 atom stereocenters. The Balaban J connectivity index is 2.95. The molecule has 1 heterocycles. The molecule has 1 rings (SSSR count). The third-order valence-corrected chi connectivity index (χ3v) is 1.98. The second-order valence-corrected chi connectivity index (χ2v) is 3.09. The Morgan fingerprint density at radius 1 is 1.33 bits per heavy atom. The number of aromatic nitrogens is 1. The lowest BCUT2D eigenvalue weighted by Crippen LogP contribution is -2.31. The summed E-state index contributed by atoms with van der Waals surface area (Å²) < 4.78 is 0. The maximum Gasteiger partial charge on any atom is 0.0562 e. The molecule has 0 aliphatic heterocycles. The first-order valence-corrected chi connectivity index (χ1v) is 3.86. The molecule has 12 heavy (non-hydrogen) atoms. The highest BCUT2D eigenvalue weighted by molar-refractivity contribution is 5.15. The SMILES string of the molecule is CC(CO)(CO)c1ccccn1. The van der Waals surface area contributed by atoms with Gasteiger partial charge in [-0.05, 0) is 19.1 Å². The molecule has 0 bridgehead atoms. The van der Waals surface area contributed by atoms with Gasteiger partial charge in [0.05, 0.1) is 24.3 Å². The van der Waals surface area contributed by atoms with Crippen LogP contribution in [0.3, 0.4) is 0 Å². The third kappa shape index (κ3) is 1.62. The Hall–Kier alpha value is -0.930. The van der Waals surface area contributed by atoms with Crippen molar-refractivity contribution in [1.29, 1.82) is 0 Å². The van der Waals surface area contributed by atoms with Crippen LogP contribution in [0.5, 0.6) is 0 Å². The molecule has 0 saturated heterocycles. The molecule has 1 aromatic heterocycles. The molecule has 0 fully saturated rings. The largest absolute Gasteiger partial charge is 0.395 e. The molecule has 0 aliphatic carbocycles. The predicted octanol–water partition coefficient (Wildman–Crippen LogP) is 0.324. The van der Waals surface area contributed by atoms with Crippen LogP contribution in [0.4, 0.5) is 0 Å². The van der Waals surface area contributed by atoms with Gasteiger partial charge in [0.15, 0.2) is 0 Å². The van der Waals surface area contributed by atoms with Crippen LogP contribution in [0.15, 0.2) is 24.4 Å². The van der Waals surface area contributed by atoms with Crippen LogP contribution in [0.1, 0.15) is 12.6 Å². The van der Waals surface area contributed by atoms with Crippen LogP contribution in [0, 0.1) is 0 Å². The van der Waals surface area contributed by atoms with Crippen molar-refractivity contribution in [2.45, 2.75) is 12.3 Å². The number of aliphatic hydroxyl groups is 2. The average Bonchev–Trinajstić information content (AvgIpc) is 2.18. The van der Waals surface area contributed by atoms with Crippen LogP contribution in [-0.2, 0) is 5.41 Å². The number of rotatable bonds is 3. The van der Waals surface area contributed by atoms with E-state index < -0.39 is 5.41 Å². The molecule has 3 nitrogen and oxygen atoms in total. The highest BCUT2D eigenvalue weighted by Crippen LogP contribution is 2.19. The molecule has 0 radical (unpaired) electrons. The average molecular weight is 167 g/mol. The van der Waals surface area contributed by atoms with Crippen molar-refractivity contribution in [1.82, 2.24) is 4.98 Å². The lowest BCUT2D eigenvalue weighted by molar-refractivity contribution is 0.126. The number of aliphatic hydroxyl groups excluding tert-OH is 2. The van der Waals surface area contributed by atoms with Gasteiger partial charge in [-0.25, -0.2) is 0 Å². The van der Waals surface area contributed by atoms with Crippen molar-refractivity contribution >= 4 is 0 Å². The molecule has 0 aliphatic rings. The maximum atomic E-state index is 9.04. The van der Waals surface area contributed by atoms with Gasteiger partial charge >= 0.3 is 0 Å². The molecule has 0 amide bonds. The molecule has 0 spiro atoms. The lowest BCUT2D eigenvalue weighted by atomic mass is 9.88. The summed E-state index contributed by atoms with van der Waals surface area (Å²) in [5.41, 5.74) is 0.0938. The van der Waals surface area contributed by atoms with Crippen molar-refractivity contribution < 1.29 is 10.2 Å². The normalized spacial score (nSPS) is 11.6. The highest BCUT2D eigenvalue weighted by Gasteiger charge is 2.25. The van der Waals surface area contributed by atoms with Crippen LogP contribution in [-0.4, -0.2) is 28.4 Å². The Morgan fingerprint density at radius 2 is 2.00 bits per heavy atom. The van der Waals surface area contributed by atoms with E-state index in [1.807, 2.05) is 6.07 Å². The molecule has 2 N–H and O–H groups in total. The molecule has 0 aromatic carbocycles. The Morgan fingerprint density at radius 3 is 2.42 bits per heavy atom. The molecule has 0 unspecified atom stereocenters. The number of pyridine rings is 1. The first-order chi connectivity index (χ1) is 5.73. The quantitative estimate of drug-likeness (QED) is 0.681. The standard InChI is InChI=1S/C9H13NO2/c1-9(6-11,7-12)8-4-2-3-5-10-8/h2-5,11-12H,6-7H2,1H3. The molecule has 1 aromatic rings. The van der Waals surface area contributed by atoms with Crippen molar-refractivity contribution in [3.8, 4) is 0 Å². The molecule has 3 heteroatoms. The highest BCUT2D eigenvalue weighted by atomic mass is 16.3. The van der Waals surface area contributed by atoms with Gasteiger partial charge in [0.1, 0.15) is 0 Å². The summed E-state index contributed by atoms with van der Waals surface area (Å²) in [6.07, 6.45) is 1.65. The van der Waals surface area contributed by atoms with Gasteiger partial charge in [0.25, 0.3) is 0 Å². The first kappa shape index (κ1) is 9.16. The monoisotopic (exact) mass is 167 g/mol. The van der Waals surface area contributed by atoms with Crippen LogP contribution in [0.2, 0.25) is 0 Å². The van der Waals surface area contributed by atoms with E-state index in [0.717, 1.165) is 5.69 Å². The van der Waals surface area contributed by atoms with E-state index in [-0.39, 0.29) is 13.2 Å². The fourth-order valence-electron chi connectivity index (χ4n) is 0.932. The fraction of sp³-hybridized carbons (Fsp3) is 0.444. The molecule has 66 valence electrons. The van der Waals surface area contributed by atoms with Crippen molar-refractivity contribution in [2.24, 2.45) is 0 Å². The van der Waals surface area contributed by atoms with E-state index in [1.165, 1.54) is 0 Å². The summed E-state index contributed by atoms with van der Waals surface area (Å²) in [5, 5.41) is 18.1. The zero-order chi connectivity index (χ0) is 9.03. The van der Waals surface area contributed by atoms with E-state index >= 15 is 0 Å². The van der Waals surface area contributed by atoms with E-state index in [4.69, 9.17) is 10.2 Å². The van der Waals surface area contributed by atoms with Gasteiger partial charge in [-0.15, -0.1) is 0 Å². The van der Waals surface area contributed by atoms with Gasteiger partial charge in [-0.1, -0.05) is 6.07 Å². The number of hydrogen-bond acceptors (Lipinski definition) is 3. The van der Waals surface area contributed by atoms with Crippen molar-refractivity contribution in [3.63, 3.8) is 0 Å². The Bertz CT molecular complexity index is 232. The Kier molecular flexibility index (Phi) is 2.78. The molecular formula is C9H13NO2. The Labute approximate surface area is 71.7 Å². The summed E-state index contributed by atoms with van der Waals surface area (Å²) in [6, 6.07) is 5.44. The number of hydrogen-bond donors (Lipinski definition) is 2. The first-order valence-electron chi connectivity index (χ1n) is 3.86. The molecular weight excluding hydrogens is 154 g/mol. The fourth-order valence-corrected chi connectivity index (χ4v) is 0.932. The molecule has 0 saturated carbocycles. The van der Waals surface area contributed by atoms with Gasteiger partial charge in [0.2, 0.25) is 0 Å². The third-order valence-electron chi connectivity index (χ3n) is 1.98. The lowest BCUT2D eigenvalue weighted by Gasteiger charge is -2.23. The van der Waals surface area contributed by atoms with Crippen molar-refractivity contribution in [2.75, 3.05) is 13.2 Å². The summed E-state index contributed by atoms with van der Waals surface area (Å²) in [6.45, 7) is 1.58. The minimum atomic E-state index is -0.624. The van der Waals surface area contributed by atoms with Crippen LogP contribution >= 0.6 is 0 Å². The zero-order valence-electron chi connectivity index (χ0n) is 7.07. The zero-order valence-corrected chi connectivity index (χ0v) is 7.07. The maximum absolute atomic E-state index is 9.04. The minimum Gasteiger partial charge on any atom is -0.395 e. The number of nitrogens with zero attached hydrogens (tertiary/aromatic N) is 1. The second kappa shape index (κ2) is 3.65. The predicted molar refractivity (Wildman–Crippen MR) is 45.8 cm³/mol. The van der Waals surface area contributed by atoms with Gasteiger partial charge in [-0.3, -0.25) is 4.98 Å².